The zero-order chi connectivity index (χ0) is 12.7. The third kappa shape index (κ3) is 5.39. The summed E-state index contributed by atoms with van der Waals surface area (Å²) in [6, 6.07) is 6.77. The summed E-state index contributed by atoms with van der Waals surface area (Å²) in [5, 5.41) is 3.44. The van der Waals surface area contributed by atoms with Gasteiger partial charge in [0.25, 0.3) is 0 Å². The van der Waals surface area contributed by atoms with E-state index in [0.29, 0.717) is 17.3 Å². The summed E-state index contributed by atoms with van der Waals surface area (Å²) < 4.78 is 25.9. The Labute approximate surface area is 107 Å². The van der Waals surface area contributed by atoms with Crippen LogP contribution in [0.5, 0.6) is 0 Å². The summed E-state index contributed by atoms with van der Waals surface area (Å²) in [6.07, 6.45) is 0.984. The van der Waals surface area contributed by atoms with Crippen LogP contribution in [0.3, 0.4) is 0 Å². The van der Waals surface area contributed by atoms with Crippen molar-refractivity contribution in [2.75, 3.05) is 23.6 Å². The first-order chi connectivity index (χ1) is 8.05. The van der Waals surface area contributed by atoms with Crippen molar-refractivity contribution in [3.05, 3.63) is 29.3 Å². The first kappa shape index (κ1) is 14.3. The maximum absolute atomic E-state index is 11.7. The van der Waals surface area contributed by atoms with Gasteiger partial charge in [0.2, 0.25) is 10.0 Å². The summed E-state index contributed by atoms with van der Waals surface area (Å²) in [7, 11) is -3.33. The second-order valence-electron chi connectivity index (χ2n) is 3.65. The van der Waals surface area contributed by atoms with Crippen molar-refractivity contribution in [3.63, 3.8) is 0 Å². The molecule has 0 bridgehead atoms. The number of hydrogen-bond acceptors (Lipinski definition) is 3. The molecule has 0 aliphatic carbocycles. The predicted molar refractivity (Wildman–Crippen MR) is 72.0 cm³/mol. The highest BCUT2D eigenvalue weighted by Crippen LogP contribution is 2.21. The molecule has 0 saturated carbocycles. The van der Waals surface area contributed by atoms with Gasteiger partial charge >= 0.3 is 0 Å². The molecular formula is C11H17ClN2O2S. The van der Waals surface area contributed by atoms with Crippen LogP contribution in [0.4, 0.5) is 5.69 Å². The minimum atomic E-state index is -3.33. The highest BCUT2D eigenvalue weighted by molar-refractivity contribution is 7.92. The maximum atomic E-state index is 11.7. The lowest BCUT2D eigenvalue weighted by Crippen LogP contribution is -2.27. The van der Waals surface area contributed by atoms with Crippen molar-refractivity contribution in [1.29, 1.82) is 0 Å². The number of benzene rings is 1. The van der Waals surface area contributed by atoms with Gasteiger partial charge in [0.05, 0.1) is 16.5 Å². The molecule has 0 atom stereocenters. The van der Waals surface area contributed by atoms with Gasteiger partial charge in [0.15, 0.2) is 0 Å². The Balaban J connectivity index is 2.52. The third-order valence-corrected chi connectivity index (χ3v) is 3.72. The highest BCUT2D eigenvalue weighted by Gasteiger charge is 2.11. The molecule has 0 aromatic heterocycles. The molecule has 0 fully saturated rings. The molecule has 0 unspecified atom stereocenters. The van der Waals surface area contributed by atoms with Crippen LogP contribution >= 0.6 is 11.6 Å². The van der Waals surface area contributed by atoms with Crippen molar-refractivity contribution in [2.45, 2.75) is 13.3 Å². The van der Waals surface area contributed by atoms with Gasteiger partial charge in [-0.2, -0.15) is 0 Å². The van der Waals surface area contributed by atoms with Gasteiger partial charge in [-0.05, 0) is 25.1 Å². The van der Waals surface area contributed by atoms with Crippen LogP contribution in [-0.2, 0) is 10.0 Å². The van der Waals surface area contributed by atoms with Crippen LogP contribution in [-0.4, -0.2) is 27.3 Å². The topological polar surface area (TPSA) is 58.2 Å². The smallest absolute Gasteiger partial charge is 0.234 e. The molecule has 1 rings (SSSR count). The average molecular weight is 277 g/mol. The van der Waals surface area contributed by atoms with E-state index in [9.17, 15) is 8.42 Å². The lowest BCUT2D eigenvalue weighted by Gasteiger charge is -2.09. The molecule has 0 aliphatic rings. The van der Waals surface area contributed by atoms with E-state index in [-0.39, 0.29) is 5.75 Å². The van der Waals surface area contributed by atoms with E-state index in [1.807, 2.05) is 6.92 Å². The molecule has 0 saturated heterocycles. The van der Waals surface area contributed by atoms with E-state index in [1.54, 1.807) is 24.3 Å². The summed E-state index contributed by atoms with van der Waals surface area (Å²) in [5.41, 5.74) is 0.421. The first-order valence-corrected chi connectivity index (χ1v) is 7.54. The van der Waals surface area contributed by atoms with Gasteiger partial charge in [0.1, 0.15) is 0 Å². The molecule has 1 aromatic carbocycles. The Morgan fingerprint density at radius 3 is 2.59 bits per heavy atom. The molecule has 96 valence electrons. The molecule has 6 heteroatoms. The second-order valence-corrected chi connectivity index (χ2v) is 5.90. The molecule has 2 N–H and O–H groups in total. The lowest BCUT2D eigenvalue weighted by molar-refractivity contribution is 0.595. The molecule has 0 amide bonds. The van der Waals surface area contributed by atoms with E-state index in [1.165, 1.54) is 0 Å². The zero-order valence-corrected chi connectivity index (χ0v) is 11.3. The van der Waals surface area contributed by atoms with Gasteiger partial charge in [-0.25, -0.2) is 8.42 Å². The Kier molecular flexibility index (Phi) is 5.74. The van der Waals surface area contributed by atoms with Gasteiger partial charge in [-0.3, -0.25) is 4.72 Å². The van der Waals surface area contributed by atoms with Crippen LogP contribution < -0.4 is 10.0 Å². The average Bonchev–Trinajstić information content (AvgIpc) is 2.28. The van der Waals surface area contributed by atoms with E-state index < -0.39 is 10.0 Å². The number of sulfonamides is 1. The van der Waals surface area contributed by atoms with E-state index in [4.69, 9.17) is 11.6 Å². The van der Waals surface area contributed by atoms with Crippen LogP contribution in [0.25, 0.3) is 0 Å². The van der Waals surface area contributed by atoms with Gasteiger partial charge in [-0.15, -0.1) is 0 Å². The fraction of sp³-hybridized carbons (Fsp3) is 0.455. The van der Waals surface area contributed by atoms with Crippen LogP contribution in [0.15, 0.2) is 24.3 Å². The third-order valence-electron chi connectivity index (χ3n) is 2.11. The van der Waals surface area contributed by atoms with Crippen LogP contribution in [0.2, 0.25) is 5.02 Å². The predicted octanol–water partition coefficient (Wildman–Crippen LogP) is 2.08. The second kappa shape index (κ2) is 6.83. The number of nitrogens with one attached hydrogen (secondary N) is 2. The van der Waals surface area contributed by atoms with Crippen molar-refractivity contribution in [2.24, 2.45) is 0 Å². The molecule has 0 spiro atoms. The molecule has 0 aliphatic heterocycles. The van der Waals surface area contributed by atoms with Crippen molar-refractivity contribution >= 4 is 27.3 Å². The monoisotopic (exact) mass is 276 g/mol. The quantitative estimate of drug-likeness (QED) is 0.750. The van der Waals surface area contributed by atoms with E-state index >= 15 is 0 Å². The van der Waals surface area contributed by atoms with Crippen molar-refractivity contribution in [1.82, 2.24) is 5.32 Å². The summed E-state index contributed by atoms with van der Waals surface area (Å²) >= 11 is 5.87. The minimum absolute atomic E-state index is 0.0399. The highest BCUT2D eigenvalue weighted by atomic mass is 35.5. The molecule has 1 aromatic rings. The lowest BCUT2D eigenvalue weighted by atomic mass is 10.3. The standard InChI is InChI=1S/C11H17ClN2O2S/c1-2-7-13-8-9-17(15,16)14-11-6-4-3-5-10(11)12/h3-6,13-14H,2,7-9H2,1H3. The van der Waals surface area contributed by atoms with Gasteiger partial charge in [0, 0.05) is 6.54 Å². The van der Waals surface area contributed by atoms with Crippen molar-refractivity contribution < 1.29 is 8.42 Å². The van der Waals surface area contributed by atoms with Gasteiger partial charge < -0.3 is 5.32 Å². The largest absolute Gasteiger partial charge is 0.316 e. The number of rotatable bonds is 7. The molecule has 4 nitrogen and oxygen atoms in total. The molecule has 0 heterocycles. The number of anilines is 1. The molecule has 17 heavy (non-hydrogen) atoms. The number of para-hydroxylation sites is 1. The van der Waals surface area contributed by atoms with Crippen molar-refractivity contribution in [3.8, 4) is 0 Å². The molecule has 0 radical (unpaired) electrons. The summed E-state index contributed by atoms with van der Waals surface area (Å²) in [6.45, 7) is 3.29. The first-order valence-electron chi connectivity index (χ1n) is 5.51. The van der Waals surface area contributed by atoms with Crippen LogP contribution in [0.1, 0.15) is 13.3 Å². The van der Waals surface area contributed by atoms with E-state index in [2.05, 4.69) is 10.0 Å². The van der Waals surface area contributed by atoms with Gasteiger partial charge in [-0.1, -0.05) is 30.7 Å². The fourth-order valence-electron chi connectivity index (χ4n) is 1.27. The van der Waals surface area contributed by atoms with Crippen LogP contribution in [0, 0.1) is 0 Å². The summed E-state index contributed by atoms with van der Waals surface area (Å²) in [5.74, 6) is 0.0399. The Morgan fingerprint density at radius 2 is 1.94 bits per heavy atom. The molecular weight excluding hydrogens is 260 g/mol. The Morgan fingerprint density at radius 1 is 1.24 bits per heavy atom. The van der Waals surface area contributed by atoms with E-state index in [0.717, 1.165) is 13.0 Å². The Bertz CT molecular complexity index is 449. The SMILES string of the molecule is CCCNCCS(=O)(=O)Nc1ccccc1Cl. The zero-order valence-electron chi connectivity index (χ0n) is 9.74. The number of hydrogen-bond donors (Lipinski definition) is 2. The normalized spacial score (nSPS) is 11.4. The minimum Gasteiger partial charge on any atom is -0.316 e. The summed E-state index contributed by atoms with van der Waals surface area (Å²) in [4.78, 5) is 0. The number of halogens is 1. The Hall–Kier alpha value is -0.780. The fourth-order valence-corrected chi connectivity index (χ4v) is 2.54. The maximum Gasteiger partial charge on any atom is 0.234 e.